The first-order valence-electron chi connectivity index (χ1n) is 9.39. The molecule has 0 saturated carbocycles. The summed E-state index contributed by atoms with van der Waals surface area (Å²) in [6.45, 7) is 4.39. The normalized spacial score (nSPS) is 17.7. The second kappa shape index (κ2) is 7.83. The van der Waals surface area contributed by atoms with Crippen LogP contribution >= 0.6 is 0 Å². The van der Waals surface area contributed by atoms with Crippen molar-refractivity contribution in [2.45, 2.75) is 18.8 Å². The second-order valence-corrected chi connectivity index (χ2v) is 6.95. The number of fused-ring (bicyclic) bond motifs is 1. The number of rotatable bonds is 5. The van der Waals surface area contributed by atoms with Crippen molar-refractivity contribution in [3.63, 3.8) is 0 Å². The van der Waals surface area contributed by atoms with Crippen LogP contribution in [0.25, 0.3) is 0 Å². The number of hydrogen-bond donors (Lipinski definition) is 0. The van der Waals surface area contributed by atoms with Gasteiger partial charge < -0.3 is 19.3 Å². The van der Waals surface area contributed by atoms with E-state index in [0.717, 1.165) is 43.4 Å². The van der Waals surface area contributed by atoms with E-state index in [4.69, 9.17) is 9.47 Å². The van der Waals surface area contributed by atoms with E-state index in [-0.39, 0.29) is 0 Å². The Morgan fingerprint density at radius 1 is 1.00 bits per heavy atom. The lowest BCUT2D eigenvalue weighted by Gasteiger charge is -2.34. The molecule has 0 bridgehead atoms. The summed E-state index contributed by atoms with van der Waals surface area (Å²) < 4.78 is 10.8. The molecule has 0 unspecified atom stereocenters. The summed E-state index contributed by atoms with van der Waals surface area (Å²) in [5, 5.41) is 0. The number of ether oxygens (including phenoxy) is 2. The molecule has 0 aromatic heterocycles. The fourth-order valence-electron chi connectivity index (χ4n) is 3.86. The lowest BCUT2D eigenvalue weighted by molar-refractivity contribution is 0.217. The Balaban J connectivity index is 1.29. The van der Waals surface area contributed by atoms with Gasteiger partial charge in [0.05, 0.1) is 12.8 Å². The summed E-state index contributed by atoms with van der Waals surface area (Å²) in [7, 11) is 1.72. The van der Waals surface area contributed by atoms with Crippen LogP contribution < -0.4 is 14.4 Å². The van der Waals surface area contributed by atoms with E-state index in [1.54, 1.807) is 13.4 Å². The van der Waals surface area contributed by atoms with Gasteiger partial charge in [0.25, 0.3) is 0 Å². The molecule has 4 rings (SSSR count). The zero-order valence-electron chi connectivity index (χ0n) is 15.3. The predicted molar refractivity (Wildman–Crippen MR) is 105 cm³/mol. The summed E-state index contributed by atoms with van der Waals surface area (Å²) in [5.74, 6) is 2.54. The van der Waals surface area contributed by atoms with Gasteiger partial charge >= 0.3 is 0 Å². The topological polar surface area (TPSA) is 24.9 Å². The molecule has 0 amide bonds. The zero-order valence-corrected chi connectivity index (χ0v) is 15.3. The highest BCUT2D eigenvalue weighted by molar-refractivity contribution is 5.62. The van der Waals surface area contributed by atoms with Crippen LogP contribution in [0.15, 0.2) is 61.0 Å². The summed E-state index contributed by atoms with van der Waals surface area (Å²) in [6.07, 6.45) is 6.26. The lowest BCUT2D eigenvalue weighted by atomic mass is 9.89. The number of piperidine rings is 1. The van der Waals surface area contributed by atoms with Crippen LogP contribution in [0, 0.1) is 0 Å². The first-order valence-corrected chi connectivity index (χ1v) is 9.39. The Labute approximate surface area is 155 Å². The Bertz CT molecular complexity index is 749. The van der Waals surface area contributed by atoms with Crippen LogP contribution in [0.1, 0.15) is 24.3 Å². The molecule has 4 nitrogen and oxygen atoms in total. The van der Waals surface area contributed by atoms with Crippen LogP contribution in [-0.2, 0) is 0 Å². The van der Waals surface area contributed by atoms with Crippen molar-refractivity contribution in [3.05, 3.63) is 66.6 Å². The molecule has 2 aromatic rings. The maximum atomic E-state index is 5.58. The summed E-state index contributed by atoms with van der Waals surface area (Å²) in [5.41, 5.74) is 2.60. The molecule has 26 heavy (non-hydrogen) atoms. The number of hydrogen-bond acceptors (Lipinski definition) is 4. The van der Waals surface area contributed by atoms with Gasteiger partial charge in [-0.2, -0.15) is 0 Å². The van der Waals surface area contributed by atoms with E-state index >= 15 is 0 Å². The fraction of sp³-hybridized carbons (Fsp3) is 0.364. The maximum absolute atomic E-state index is 5.58. The molecule has 0 aliphatic carbocycles. The minimum absolute atomic E-state index is 0.668. The largest absolute Gasteiger partial charge is 0.497 e. The quantitative estimate of drug-likeness (QED) is 0.805. The van der Waals surface area contributed by atoms with E-state index in [1.807, 2.05) is 18.3 Å². The molecule has 4 heteroatoms. The van der Waals surface area contributed by atoms with Gasteiger partial charge in [-0.3, -0.25) is 0 Å². The summed E-state index contributed by atoms with van der Waals surface area (Å²) in [6, 6.07) is 16.8. The van der Waals surface area contributed by atoms with Crippen LogP contribution in [-0.4, -0.2) is 38.2 Å². The van der Waals surface area contributed by atoms with Crippen LogP contribution in [0.5, 0.6) is 11.5 Å². The zero-order chi connectivity index (χ0) is 17.8. The van der Waals surface area contributed by atoms with Crippen molar-refractivity contribution >= 4 is 5.69 Å². The molecule has 2 aliphatic heterocycles. The molecular weight excluding hydrogens is 324 g/mol. The summed E-state index contributed by atoms with van der Waals surface area (Å²) >= 11 is 0. The molecule has 136 valence electrons. The number of anilines is 1. The number of nitrogens with zero attached hydrogens (tertiary/aromatic N) is 2. The van der Waals surface area contributed by atoms with Gasteiger partial charge in [-0.25, -0.2) is 0 Å². The van der Waals surface area contributed by atoms with Gasteiger partial charge in [-0.15, -0.1) is 0 Å². The smallest absolute Gasteiger partial charge is 0.150 e. The molecule has 1 fully saturated rings. The Morgan fingerprint density at radius 3 is 2.54 bits per heavy atom. The average Bonchev–Trinajstić information content (AvgIpc) is 2.73. The molecular formula is C22H26N2O2. The SMILES string of the molecule is COc1ccc(C2CCN(CCN3C=COc4ccccc43)CC2)cc1. The highest BCUT2D eigenvalue weighted by Crippen LogP contribution is 2.32. The molecule has 0 N–H and O–H groups in total. The van der Waals surface area contributed by atoms with E-state index < -0.39 is 0 Å². The molecule has 1 saturated heterocycles. The molecule has 2 heterocycles. The Hall–Kier alpha value is -2.46. The van der Waals surface area contributed by atoms with Gasteiger partial charge in [-0.1, -0.05) is 24.3 Å². The van der Waals surface area contributed by atoms with E-state index in [2.05, 4.69) is 46.2 Å². The van der Waals surface area contributed by atoms with Crippen LogP contribution in [0.2, 0.25) is 0 Å². The van der Waals surface area contributed by atoms with Gasteiger partial charge in [0.1, 0.15) is 17.8 Å². The monoisotopic (exact) mass is 350 g/mol. The third-order valence-electron chi connectivity index (χ3n) is 5.44. The second-order valence-electron chi connectivity index (χ2n) is 6.95. The first-order chi connectivity index (χ1) is 12.8. The molecule has 2 aliphatic rings. The lowest BCUT2D eigenvalue weighted by Crippen LogP contribution is -2.38. The first kappa shape index (κ1) is 17.0. The Morgan fingerprint density at radius 2 is 1.77 bits per heavy atom. The highest BCUT2D eigenvalue weighted by atomic mass is 16.5. The van der Waals surface area contributed by atoms with Crippen molar-refractivity contribution in [2.75, 3.05) is 38.2 Å². The minimum Gasteiger partial charge on any atom is -0.497 e. The standard InChI is InChI=1S/C22H26N2O2/c1-25-20-8-6-18(7-9-20)19-10-12-23(13-11-19)14-15-24-16-17-26-22-5-3-2-4-21(22)24/h2-9,16-17,19H,10-15H2,1H3. The highest BCUT2D eigenvalue weighted by Gasteiger charge is 2.21. The third-order valence-corrected chi connectivity index (χ3v) is 5.44. The number of methoxy groups -OCH3 is 1. The van der Waals surface area contributed by atoms with Crippen molar-refractivity contribution in [1.29, 1.82) is 0 Å². The number of para-hydroxylation sites is 2. The van der Waals surface area contributed by atoms with Crippen LogP contribution in [0.3, 0.4) is 0 Å². The van der Waals surface area contributed by atoms with E-state index in [1.165, 1.54) is 18.4 Å². The van der Waals surface area contributed by atoms with Crippen molar-refractivity contribution in [1.82, 2.24) is 4.90 Å². The van der Waals surface area contributed by atoms with Gasteiger partial charge in [0.2, 0.25) is 0 Å². The van der Waals surface area contributed by atoms with Crippen molar-refractivity contribution < 1.29 is 9.47 Å². The molecule has 0 radical (unpaired) electrons. The number of likely N-dealkylation sites (tertiary alicyclic amines) is 1. The maximum Gasteiger partial charge on any atom is 0.150 e. The summed E-state index contributed by atoms with van der Waals surface area (Å²) in [4.78, 5) is 4.86. The Kier molecular flexibility index (Phi) is 5.12. The van der Waals surface area contributed by atoms with Crippen LogP contribution in [0.4, 0.5) is 5.69 Å². The van der Waals surface area contributed by atoms with E-state index in [9.17, 15) is 0 Å². The predicted octanol–water partition coefficient (Wildman–Crippen LogP) is 4.24. The molecule has 0 spiro atoms. The van der Waals surface area contributed by atoms with Gasteiger partial charge in [0, 0.05) is 19.3 Å². The van der Waals surface area contributed by atoms with E-state index in [0.29, 0.717) is 5.92 Å². The van der Waals surface area contributed by atoms with Crippen molar-refractivity contribution in [2.24, 2.45) is 0 Å². The molecule has 2 aromatic carbocycles. The minimum atomic E-state index is 0.668. The van der Waals surface area contributed by atoms with Gasteiger partial charge in [0.15, 0.2) is 0 Å². The van der Waals surface area contributed by atoms with Gasteiger partial charge in [-0.05, 0) is 61.7 Å². The fourth-order valence-corrected chi connectivity index (χ4v) is 3.86. The van der Waals surface area contributed by atoms with Crippen molar-refractivity contribution in [3.8, 4) is 11.5 Å². The average molecular weight is 350 g/mol. The third kappa shape index (κ3) is 3.70. The molecule has 0 atom stereocenters. The number of benzene rings is 2.